The number of hydrogen-bond acceptors (Lipinski definition) is 4. The zero-order valence-electron chi connectivity index (χ0n) is 15.9. The zero-order valence-corrected chi connectivity index (χ0v) is 19.0. The minimum absolute atomic E-state index is 0. The van der Waals surface area contributed by atoms with Gasteiger partial charge in [0.2, 0.25) is 0 Å². The summed E-state index contributed by atoms with van der Waals surface area (Å²) in [7, 11) is 1.80. The van der Waals surface area contributed by atoms with Crippen molar-refractivity contribution >= 4 is 41.5 Å². The number of aromatic nitrogens is 1. The van der Waals surface area contributed by atoms with Crippen LogP contribution in [0.1, 0.15) is 19.4 Å². The van der Waals surface area contributed by atoms with Crippen LogP contribution in [0.15, 0.2) is 23.3 Å². The van der Waals surface area contributed by atoms with E-state index in [1.807, 2.05) is 18.3 Å². The van der Waals surface area contributed by atoms with Gasteiger partial charge in [-0.05, 0) is 24.0 Å². The lowest BCUT2D eigenvalue weighted by Gasteiger charge is -2.37. The molecule has 1 aliphatic rings. The van der Waals surface area contributed by atoms with Crippen molar-refractivity contribution in [3.05, 3.63) is 29.0 Å². The van der Waals surface area contributed by atoms with E-state index in [9.17, 15) is 0 Å². The molecule has 2 heterocycles. The van der Waals surface area contributed by atoms with Gasteiger partial charge in [0.25, 0.3) is 0 Å². The van der Waals surface area contributed by atoms with E-state index in [-0.39, 0.29) is 24.0 Å². The molecule has 1 aromatic rings. The third-order valence-corrected chi connectivity index (χ3v) is 4.70. The first-order chi connectivity index (χ1) is 12.1. The van der Waals surface area contributed by atoms with Crippen LogP contribution >= 0.6 is 35.6 Å². The molecule has 1 unspecified atom stereocenters. The lowest BCUT2D eigenvalue weighted by atomic mass is 10.0. The second-order valence-corrected chi connectivity index (χ2v) is 6.97. The Morgan fingerprint density at radius 2 is 2.04 bits per heavy atom. The molecule has 1 saturated heterocycles. The summed E-state index contributed by atoms with van der Waals surface area (Å²) in [6.07, 6.45) is 2.69. The Morgan fingerprint density at radius 1 is 1.31 bits per heavy atom. The second kappa shape index (κ2) is 12.7. The summed E-state index contributed by atoms with van der Waals surface area (Å²) in [5.41, 5.74) is 1.15. The maximum absolute atomic E-state index is 5.81. The van der Waals surface area contributed by atoms with Gasteiger partial charge in [-0.2, -0.15) is 0 Å². The molecule has 0 spiro atoms. The first-order valence-corrected chi connectivity index (χ1v) is 9.34. The van der Waals surface area contributed by atoms with Crippen LogP contribution in [-0.4, -0.2) is 68.3 Å². The normalized spacial score (nSPS) is 16.9. The summed E-state index contributed by atoms with van der Waals surface area (Å²) in [5.74, 6) is 1.41. The van der Waals surface area contributed by atoms with Crippen LogP contribution in [0, 0.1) is 5.92 Å². The topological polar surface area (TPSA) is 61.8 Å². The highest BCUT2D eigenvalue weighted by Gasteiger charge is 2.23. The quantitative estimate of drug-likeness (QED) is 0.263. The molecule has 0 radical (unpaired) electrons. The molecule has 1 fully saturated rings. The average molecular weight is 496 g/mol. The molecule has 0 aromatic carbocycles. The summed E-state index contributed by atoms with van der Waals surface area (Å²) < 4.78 is 5.47. The molecule has 1 atom stereocenters. The molecule has 2 N–H and O–H groups in total. The van der Waals surface area contributed by atoms with Crippen LogP contribution in [0.25, 0.3) is 0 Å². The number of halogens is 2. The number of pyridine rings is 1. The van der Waals surface area contributed by atoms with Crippen LogP contribution in [0.5, 0.6) is 0 Å². The van der Waals surface area contributed by atoms with Crippen molar-refractivity contribution in [1.29, 1.82) is 0 Å². The molecular formula is C18H31ClIN5O. The third-order valence-electron chi connectivity index (χ3n) is 4.48. The maximum atomic E-state index is 5.81. The zero-order chi connectivity index (χ0) is 18.1. The standard InChI is InChI=1S/C18H30ClN5O.HI/c1-14(2)16(24-8-10-25-11-9-24)13-23-18(20-3)21-7-6-15-4-5-17(19)22-12-15;/h4-5,12,14,16H,6-11,13H2,1-3H3,(H2,20,21,23);1H. The first-order valence-electron chi connectivity index (χ1n) is 8.97. The van der Waals surface area contributed by atoms with Crippen molar-refractivity contribution < 1.29 is 4.74 Å². The van der Waals surface area contributed by atoms with E-state index in [0.29, 0.717) is 17.1 Å². The smallest absolute Gasteiger partial charge is 0.191 e. The number of ether oxygens (including phenoxy) is 1. The van der Waals surface area contributed by atoms with E-state index < -0.39 is 0 Å². The van der Waals surface area contributed by atoms with Gasteiger partial charge in [0, 0.05) is 45.5 Å². The van der Waals surface area contributed by atoms with Gasteiger partial charge < -0.3 is 15.4 Å². The van der Waals surface area contributed by atoms with Gasteiger partial charge in [-0.25, -0.2) is 4.98 Å². The van der Waals surface area contributed by atoms with E-state index in [2.05, 4.69) is 39.4 Å². The number of rotatable bonds is 7. The number of morpholine rings is 1. The Hall–Kier alpha value is -0.640. The summed E-state index contributed by atoms with van der Waals surface area (Å²) in [6.45, 7) is 9.86. The van der Waals surface area contributed by atoms with Crippen LogP contribution in [0.2, 0.25) is 5.15 Å². The molecule has 148 valence electrons. The SMILES string of the molecule is CN=C(NCCc1ccc(Cl)nc1)NCC(C(C)C)N1CCOCC1.I. The van der Waals surface area contributed by atoms with E-state index in [1.165, 1.54) is 0 Å². The fourth-order valence-corrected chi connectivity index (χ4v) is 3.11. The van der Waals surface area contributed by atoms with Crippen LogP contribution in [-0.2, 0) is 11.2 Å². The predicted octanol–water partition coefficient (Wildman–Crippen LogP) is 2.42. The van der Waals surface area contributed by atoms with Crippen molar-refractivity contribution in [1.82, 2.24) is 20.5 Å². The number of guanidine groups is 1. The summed E-state index contributed by atoms with van der Waals surface area (Å²) in [6, 6.07) is 4.29. The summed E-state index contributed by atoms with van der Waals surface area (Å²) >= 11 is 5.81. The molecule has 0 aliphatic carbocycles. The highest BCUT2D eigenvalue weighted by atomic mass is 127. The van der Waals surface area contributed by atoms with Crippen LogP contribution < -0.4 is 10.6 Å². The summed E-state index contributed by atoms with van der Waals surface area (Å²) in [4.78, 5) is 10.9. The number of aliphatic imine (C=N–C) groups is 1. The average Bonchev–Trinajstić information content (AvgIpc) is 2.62. The lowest BCUT2D eigenvalue weighted by molar-refractivity contribution is 0.00752. The predicted molar refractivity (Wildman–Crippen MR) is 119 cm³/mol. The summed E-state index contributed by atoms with van der Waals surface area (Å²) in [5, 5.41) is 7.35. The Bertz CT molecular complexity index is 535. The van der Waals surface area contributed by atoms with Crippen LogP contribution in [0.4, 0.5) is 0 Å². The van der Waals surface area contributed by atoms with E-state index >= 15 is 0 Å². The van der Waals surface area contributed by atoms with Gasteiger partial charge >= 0.3 is 0 Å². The van der Waals surface area contributed by atoms with Crippen molar-refractivity contribution in [3.63, 3.8) is 0 Å². The number of nitrogens with one attached hydrogen (secondary N) is 2. The Kier molecular flexibility index (Phi) is 11.4. The Balaban J connectivity index is 0.00000338. The van der Waals surface area contributed by atoms with Crippen LogP contribution in [0.3, 0.4) is 0 Å². The lowest BCUT2D eigenvalue weighted by Crippen LogP contribution is -2.52. The maximum Gasteiger partial charge on any atom is 0.191 e. The van der Waals surface area contributed by atoms with Gasteiger partial charge in [-0.3, -0.25) is 9.89 Å². The molecular weight excluding hydrogens is 465 g/mol. The number of nitrogens with zero attached hydrogens (tertiary/aromatic N) is 3. The largest absolute Gasteiger partial charge is 0.379 e. The Labute approximate surface area is 179 Å². The minimum atomic E-state index is 0. The van der Waals surface area contributed by atoms with E-state index in [4.69, 9.17) is 16.3 Å². The highest BCUT2D eigenvalue weighted by molar-refractivity contribution is 14.0. The van der Waals surface area contributed by atoms with Crippen molar-refractivity contribution in [2.75, 3.05) is 46.4 Å². The van der Waals surface area contributed by atoms with E-state index in [0.717, 1.165) is 57.3 Å². The van der Waals surface area contributed by atoms with Crippen molar-refractivity contribution in [3.8, 4) is 0 Å². The van der Waals surface area contributed by atoms with Gasteiger partial charge in [0.05, 0.1) is 13.2 Å². The van der Waals surface area contributed by atoms with Gasteiger partial charge in [-0.1, -0.05) is 31.5 Å². The van der Waals surface area contributed by atoms with Crippen molar-refractivity contribution in [2.24, 2.45) is 10.9 Å². The first kappa shape index (κ1) is 23.4. The minimum Gasteiger partial charge on any atom is -0.379 e. The Morgan fingerprint density at radius 3 is 2.62 bits per heavy atom. The molecule has 1 aromatic heterocycles. The van der Waals surface area contributed by atoms with Gasteiger partial charge in [0.15, 0.2) is 5.96 Å². The molecule has 0 saturated carbocycles. The third kappa shape index (κ3) is 7.94. The molecule has 1 aliphatic heterocycles. The molecule has 2 rings (SSSR count). The van der Waals surface area contributed by atoms with Gasteiger partial charge in [0.1, 0.15) is 5.15 Å². The fourth-order valence-electron chi connectivity index (χ4n) is 3.00. The van der Waals surface area contributed by atoms with Gasteiger partial charge in [-0.15, -0.1) is 24.0 Å². The number of hydrogen-bond donors (Lipinski definition) is 2. The monoisotopic (exact) mass is 495 g/mol. The molecule has 8 heteroatoms. The van der Waals surface area contributed by atoms with Crippen molar-refractivity contribution in [2.45, 2.75) is 26.3 Å². The second-order valence-electron chi connectivity index (χ2n) is 6.58. The molecule has 0 amide bonds. The van der Waals surface area contributed by atoms with E-state index in [1.54, 1.807) is 7.05 Å². The molecule has 6 nitrogen and oxygen atoms in total. The highest BCUT2D eigenvalue weighted by Crippen LogP contribution is 2.12. The molecule has 26 heavy (non-hydrogen) atoms. The fraction of sp³-hybridized carbons (Fsp3) is 0.667. The molecule has 0 bridgehead atoms.